The van der Waals surface area contributed by atoms with Gasteiger partial charge in [0.15, 0.2) is 6.61 Å². The Morgan fingerprint density at radius 2 is 1.80 bits per heavy atom. The van der Waals surface area contributed by atoms with Gasteiger partial charge in [-0.05, 0) is 55.3 Å². The van der Waals surface area contributed by atoms with E-state index in [2.05, 4.69) is 26.6 Å². The summed E-state index contributed by atoms with van der Waals surface area (Å²) in [5.74, 6) is -0.785. The van der Waals surface area contributed by atoms with E-state index in [4.69, 9.17) is 21.1 Å². The number of aryl methyl sites for hydroxylation is 1. The van der Waals surface area contributed by atoms with Crippen molar-refractivity contribution in [2.75, 3.05) is 24.4 Å². The quantitative estimate of drug-likeness (QED) is 0.489. The number of hydrogen-bond donors (Lipinski definition) is 2. The van der Waals surface area contributed by atoms with Crippen LogP contribution in [0.4, 0.5) is 11.4 Å². The monoisotopic (exact) mass is 496 g/mol. The van der Waals surface area contributed by atoms with Gasteiger partial charge in [-0.1, -0.05) is 27.5 Å². The molecule has 0 saturated heterocycles. The highest BCUT2D eigenvalue weighted by Gasteiger charge is 2.12. The molecule has 0 atom stereocenters. The molecule has 0 heterocycles. The van der Waals surface area contributed by atoms with E-state index in [0.717, 1.165) is 10.0 Å². The van der Waals surface area contributed by atoms with Crippen LogP contribution in [0.2, 0.25) is 5.02 Å². The van der Waals surface area contributed by atoms with E-state index in [1.165, 1.54) is 7.11 Å². The van der Waals surface area contributed by atoms with Crippen molar-refractivity contribution in [3.63, 3.8) is 0 Å². The van der Waals surface area contributed by atoms with Gasteiger partial charge in [-0.2, -0.15) is 0 Å². The van der Waals surface area contributed by atoms with E-state index in [9.17, 15) is 14.4 Å². The van der Waals surface area contributed by atoms with Crippen molar-refractivity contribution >= 4 is 56.7 Å². The van der Waals surface area contributed by atoms with E-state index in [1.807, 2.05) is 13.0 Å². The van der Waals surface area contributed by atoms with Gasteiger partial charge in [0.05, 0.1) is 12.8 Å². The number of halogens is 2. The Kier molecular flexibility index (Phi) is 9.14. The smallest absolute Gasteiger partial charge is 0.306 e. The molecule has 0 saturated carbocycles. The number of carbonyl (C=O) groups excluding carboxylic acids is 3. The molecule has 0 aliphatic carbocycles. The number of esters is 1. The van der Waals surface area contributed by atoms with Crippen molar-refractivity contribution in [3.8, 4) is 5.75 Å². The van der Waals surface area contributed by atoms with E-state index < -0.39 is 11.9 Å². The molecule has 2 aromatic carbocycles. The summed E-state index contributed by atoms with van der Waals surface area (Å²) >= 11 is 9.31. The van der Waals surface area contributed by atoms with Gasteiger partial charge in [-0.25, -0.2) is 0 Å². The molecule has 2 rings (SSSR count). The summed E-state index contributed by atoms with van der Waals surface area (Å²) < 4.78 is 11.1. The molecule has 0 aliphatic heterocycles. The highest BCUT2D eigenvalue weighted by atomic mass is 79.9. The Hall–Kier alpha value is -2.58. The molecule has 9 heteroatoms. The fraction of sp³-hybridized carbons (Fsp3) is 0.286. The Bertz CT molecular complexity index is 936. The average Bonchev–Trinajstić information content (AvgIpc) is 2.69. The molecular formula is C21H22BrClN2O5. The predicted octanol–water partition coefficient (Wildman–Crippen LogP) is 4.71. The van der Waals surface area contributed by atoms with Crippen LogP contribution in [0.3, 0.4) is 0 Å². The predicted molar refractivity (Wildman–Crippen MR) is 119 cm³/mol. The van der Waals surface area contributed by atoms with Gasteiger partial charge in [0, 0.05) is 28.0 Å². The third-order valence-corrected chi connectivity index (χ3v) is 5.15. The molecule has 160 valence electrons. The molecule has 2 N–H and O–H groups in total. The molecular weight excluding hydrogens is 476 g/mol. The van der Waals surface area contributed by atoms with E-state index >= 15 is 0 Å². The highest BCUT2D eigenvalue weighted by molar-refractivity contribution is 9.10. The van der Waals surface area contributed by atoms with Gasteiger partial charge in [0.2, 0.25) is 5.91 Å². The Morgan fingerprint density at radius 1 is 1.03 bits per heavy atom. The van der Waals surface area contributed by atoms with Gasteiger partial charge < -0.3 is 20.1 Å². The molecule has 0 fully saturated rings. The number of rotatable bonds is 9. The summed E-state index contributed by atoms with van der Waals surface area (Å²) in [5.41, 5.74) is 2.04. The van der Waals surface area contributed by atoms with Gasteiger partial charge in [-0.15, -0.1) is 0 Å². The summed E-state index contributed by atoms with van der Waals surface area (Å²) in [6, 6.07) is 10.2. The maximum Gasteiger partial charge on any atom is 0.306 e. The highest BCUT2D eigenvalue weighted by Crippen LogP contribution is 2.27. The molecule has 0 aliphatic rings. The lowest BCUT2D eigenvalue weighted by atomic mass is 10.2. The lowest BCUT2D eigenvalue weighted by Gasteiger charge is -2.10. The number of amides is 2. The number of carbonyl (C=O) groups is 3. The van der Waals surface area contributed by atoms with Crippen LogP contribution in [0, 0.1) is 6.92 Å². The van der Waals surface area contributed by atoms with Crippen LogP contribution >= 0.6 is 27.5 Å². The Morgan fingerprint density at radius 3 is 2.50 bits per heavy atom. The molecule has 7 nitrogen and oxygen atoms in total. The summed E-state index contributed by atoms with van der Waals surface area (Å²) in [4.78, 5) is 35.8. The standard InChI is InChI=1S/C21H22BrClN2O5/c1-13-10-15(7-8-16(13)22)24-20(27)12-30-21(28)5-3-4-19(26)25-17-11-14(23)6-9-18(17)29-2/h6-11H,3-5,12H2,1-2H3,(H,24,27)(H,25,26). The van der Waals surface area contributed by atoms with Crippen molar-refractivity contribution < 1.29 is 23.9 Å². The van der Waals surface area contributed by atoms with Gasteiger partial charge in [0.25, 0.3) is 5.91 Å². The maximum absolute atomic E-state index is 12.1. The topological polar surface area (TPSA) is 93.7 Å². The zero-order valence-electron chi connectivity index (χ0n) is 16.6. The normalized spacial score (nSPS) is 10.3. The third-order valence-electron chi connectivity index (χ3n) is 4.03. The van der Waals surface area contributed by atoms with E-state index in [-0.39, 0.29) is 31.8 Å². The zero-order valence-corrected chi connectivity index (χ0v) is 18.9. The molecule has 0 spiro atoms. The molecule has 2 amide bonds. The van der Waals surface area contributed by atoms with Crippen LogP contribution in [0.5, 0.6) is 5.75 Å². The second-order valence-corrected chi connectivity index (χ2v) is 7.71. The number of anilines is 2. The third kappa shape index (κ3) is 7.68. The van der Waals surface area contributed by atoms with Crippen molar-refractivity contribution in [3.05, 3.63) is 51.5 Å². The number of ether oxygens (including phenoxy) is 2. The average molecular weight is 498 g/mol. The van der Waals surface area contributed by atoms with Crippen LogP contribution in [0.15, 0.2) is 40.9 Å². The van der Waals surface area contributed by atoms with Crippen LogP contribution in [-0.2, 0) is 19.1 Å². The number of nitrogens with one attached hydrogen (secondary N) is 2. The van der Waals surface area contributed by atoms with Crippen LogP contribution < -0.4 is 15.4 Å². The minimum absolute atomic E-state index is 0.0186. The number of methoxy groups -OCH3 is 1. The second-order valence-electron chi connectivity index (χ2n) is 6.42. The van der Waals surface area contributed by atoms with Crippen LogP contribution in [0.1, 0.15) is 24.8 Å². The van der Waals surface area contributed by atoms with Crippen molar-refractivity contribution in [1.82, 2.24) is 0 Å². The molecule has 0 unspecified atom stereocenters. The van der Waals surface area contributed by atoms with Gasteiger partial charge in [0.1, 0.15) is 5.75 Å². The summed E-state index contributed by atoms with van der Waals surface area (Å²) in [7, 11) is 1.49. The lowest BCUT2D eigenvalue weighted by Crippen LogP contribution is -2.21. The SMILES string of the molecule is COc1ccc(Cl)cc1NC(=O)CCCC(=O)OCC(=O)Nc1ccc(Br)c(C)c1. The van der Waals surface area contributed by atoms with Crippen molar-refractivity contribution in [2.24, 2.45) is 0 Å². The number of hydrogen-bond acceptors (Lipinski definition) is 5. The van der Waals surface area contributed by atoms with E-state index in [0.29, 0.717) is 22.1 Å². The van der Waals surface area contributed by atoms with Gasteiger partial charge in [-0.3, -0.25) is 14.4 Å². The minimum atomic E-state index is -0.551. The largest absolute Gasteiger partial charge is 0.495 e. The number of benzene rings is 2. The molecule has 2 aromatic rings. The van der Waals surface area contributed by atoms with Crippen LogP contribution in [0.25, 0.3) is 0 Å². The van der Waals surface area contributed by atoms with Gasteiger partial charge >= 0.3 is 5.97 Å². The fourth-order valence-corrected chi connectivity index (χ4v) is 2.94. The Balaban J connectivity index is 1.69. The molecule has 0 aromatic heterocycles. The van der Waals surface area contributed by atoms with E-state index in [1.54, 1.807) is 30.3 Å². The first-order chi connectivity index (χ1) is 14.3. The second kappa shape index (κ2) is 11.6. The molecule has 30 heavy (non-hydrogen) atoms. The van der Waals surface area contributed by atoms with Crippen molar-refractivity contribution in [2.45, 2.75) is 26.2 Å². The first-order valence-corrected chi connectivity index (χ1v) is 10.3. The first kappa shape index (κ1) is 23.7. The summed E-state index contributed by atoms with van der Waals surface area (Å²) in [6.45, 7) is 1.51. The van der Waals surface area contributed by atoms with Crippen molar-refractivity contribution in [1.29, 1.82) is 0 Å². The molecule has 0 bridgehead atoms. The molecule has 0 radical (unpaired) electrons. The Labute approximate surface area is 188 Å². The maximum atomic E-state index is 12.1. The minimum Gasteiger partial charge on any atom is -0.495 e. The summed E-state index contributed by atoms with van der Waals surface area (Å²) in [5, 5.41) is 5.82. The fourth-order valence-electron chi connectivity index (χ4n) is 2.52. The zero-order chi connectivity index (χ0) is 22.1. The van der Waals surface area contributed by atoms with Crippen LogP contribution in [-0.4, -0.2) is 31.5 Å². The lowest BCUT2D eigenvalue weighted by molar-refractivity contribution is -0.147. The summed E-state index contributed by atoms with van der Waals surface area (Å²) in [6.07, 6.45) is 0.404. The first-order valence-electron chi connectivity index (χ1n) is 9.13.